The highest BCUT2D eigenvalue weighted by atomic mass is 35.5. The second-order valence-electron chi connectivity index (χ2n) is 4.01. The fourth-order valence-electron chi connectivity index (χ4n) is 2.22. The summed E-state index contributed by atoms with van der Waals surface area (Å²) < 4.78 is 5.10. The van der Waals surface area contributed by atoms with Gasteiger partial charge in [-0.25, -0.2) is 0 Å². The predicted molar refractivity (Wildman–Crippen MR) is 63.2 cm³/mol. The molecule has 1 saturated carbocycles. The fraction of sp³-hybridized carbons (Fsp3) is 0.700. The van der Waals surface area contributed by atoms with Crippen molar-refractivity contribution in [3.63, 3.8) is 0 Å². The molecule has 1 aliphatic carbocycles. The van der Waals surface area contributed by atoms with E-state index >= 15 is 0 Å². The summed E-state index contributed by atoms with van der Waals surface area (Å²) in [7, 11) is 1.26. The van der Waals surface area contributed by atoms with E-state index in [2.05, 4.69) is 0 Å². The number of carbonyl (C=O) groups is 3. The van der Waals surface area contributed by atoms with Crippen LogP contribution in [0.1, 0.15) is 19.3 Å². The number of carbonyl (C=O) groups excluding carboxylic acids is 3. The molecule has 0 aromatic carbocycles. The smallest absolute Gasteiger partial charge is 0.254 e. The Morgan fingerprint density at radius 1 is 1.12 bits per heavy atom. The van der Waals surface area contributed by atoms with Crippen molar-refractivity contribution in [2.45, 2.75) is 24.9 Å². The molecular formula is C10H11Cl3O4. The van der Waals surface area contributed by atoms with Crippen molar-refractivity contribution < 1.29 is 19.1 Å². The zero-order valence-electron chi connectivity index (χ0n) is 9.04. The molecule has 3 atom stereocenters. The Morgan fingerprint density at radius 2 is 1.71 bits per heavy atom. The maximum atomic E-state index is 11.5. The molecule has 96 valence electrons. The Labute approximate surface area is 114 Å². The quantitative estimate of drug-likeness (QED) is 0.746. The Morgan fingerprint density at radius 3 is 2.06 bits per heavy atom. The number of ether oxygens (including phenoxy) is 1. The van der Waals surface area contributed by atoms with Gasteiger partial charge < -0.3 is 4.74 Å². The molecule has 0 radical (unpaired) electrons. The Kier molecular flexibility index (Phi) is 4.95. The molecule has 0 bridgehead atoms. The standard InChI is InChI=1S/C10H11Cl3O4/c1-17-10(9(13)16)4-5(7(11)14)2-3-6(10)8(12)15/h5-6H,2-4H2,1H3. The molecule has 4 nitrogen and oxygen atoms in total. The maximum absolute atomic E-state index is 11.5. The predicted octanol–water partition coefficient (Wildman–Crippen LogP) is 2.08. The molecule has 1 aliphatic rings. The van der Waals surface area contributed by atoms with E-state index in [0.717, 1.165) is 0 Å². The molecule has 7 heteroatoms. The van der Waals surface area contributed by atoms with Crippen LogP contribution in [0.2, 0.25) is 0 Å². The molecular weight excluding hydrogens is 290 g/mol. The molecule has 3 unspecified atom stereocenters. The summed E-state index contributed by atoms with van der Waals surface area (Å²) in [5.41, 5.74) is -1.55. The number of hydrogen-bond donors (Lipinski definition) is 0. The van der Waals surface area contributed by atoms with Crippen molar-refractivity contribution in [2.24, 2.45) is 11.8 Å². The van der Waals surface area contributed by atoms with Crippen LogP contribution < -0.4 is 0 Å². The van der Waals surface area contributed by atoms with Crippen molar-refractivity contribution >= 4 is 50.5 Å². The third kappa shape index (κ3) is 2.81. The van der Waals surface area contributed by atoms with Gasteiger partial charge in [-0.15, -0.1) is 0 Å². The van der Waals surface area contributed by atoms with Crippen LogP contribution in [0.5, 0.6) is 0 Å². The van der Waals surface area contributed by atoms with E-state index in [1.165, 1.54) is 7.11 Å². The topological polar surface area (TPSA) is 60.4 Å². The third-order valence-electron chi connectivity index (χ3n) is 3.21. The van der Waals surface area contributed by atoms with Gasteiger partial charge in [0.25, 0.3) is 5.24 Å². The zero-order valence-corrected chi connectivity index (χ0v) is 11.3. The van der Waals surface area contributed by atoms with Crippen LogP contribution in [0.4, 0.5) is 0 Å². The van der Waals surface area contributed by atoms with E-state index in [0.29, 0.717) is 6.42 Å². The van der Waals surface area contributed by atoms with Gasteiger partial charge in [-0.05, 0) is 54.1 Å². The highest BCUT2D eigenvalue weighted by Gasteiger charge is 2.53. The van der Waals surface area contributed by atoms with Crippen LogP contribution in [0, 0.1) is 11.8 Å². The van der Waals surface area contributed by atoms with Crippen molar-refractivity contribution in [3.8, 4) is 0 Å². The monoisotopic (exact) mass is 300 g/mol. The van der Waals surface area contributed by atoms with Gasteiger partial charge >= 0.3 is 0 Å². The van der Waals surface area contributed by atoms with Gasteiger partial charge in [-0.1, -0.05) is 0 Å². The lowest BCUT2D eigenvalue weighted by Gasteiger charge is -2.40. The van der Waals surface area contributed by atoms with Gasteiger partial charge in [0.15, 0.2) is 5.60 Å². The lowest BCUT2D eigenvalue weighted by atomic mass is 9.72. The van der Waals surface area contributed by atoms with Crippen molar-refractivity contribution in [1.82, 2.24) is 0 Å². The van der Waals surface area contributed by atoms with E-state index in [4.69, 9.17) is 39.5 Å². The molecule has 0 heterocycles. The third-order valence-corrected chi connectivity index (χ3v) is 4.10. The zero-order chi connectivity index (χ0) is 13.2. The summed E-state index contributed by atoms with van der Waals surface area (Å²) in [4.78, 5) is 34.0. The first-order chi connectivity index (χ1) is 7.85. The van der Waals surface area contributed by atoms with E-state index in [9.17, 15) is 14.4 Å². The summed E-state index contributed by atoms with van der Waals surface area (Å²) in [5.74, 6) is -1.39. The van der Waals surface area contributed by atoms with Crippen LogP contribution in [-0.2, 0) is 19.1 Å². The molecule has 1 rings (SSSR count). The average molecular weight is 302 g/mol. The minimum atomic E-state index is -1.55. The van der Waals surface area contributed by atoms with Crippen LogP contribution in [-0.4, -0.2) is 28.4 Å². The molecule has 0 aliphatic heterocycles. The number of hydrogen-bond acceptors (Lipinski definition) is 4. The Hall–Kier alpha value is -0.160. The highest BCUT2D eigenvalue weighted by Crippen LogP contribution is 2.42. The molecule has 0 aromatic rings. The summed E-state index contributed by atoms with van der Waals surface area (Å²) in [6.45, 7) is 0. The van der Waals surface area contributed by atoms with Gasteiger partial charge in [-0.2, -0.15) is 0 Å². The molecule has 1 fully saturated rings. The maximum Gasteiger partial charge on any atom is 0.254 e. The Bertz CT molecular complexity index is 357. The molecule has 0 spiro atoms. The first-order valence-electron chi connectivity index (χ1n) is 4.99. The average Bonchev–Trinajstić information content (AvgIpc) is 2.27. The normalized spacial score (nSPS) is 33.2. The van der Waals surface area contributed by atoms with Gasteiger partial charge in [0, 0.05) is 13.0 Å². The largest absolute Gasteiger partial charge is 0.368 e. The second-order valence-corrected chi connectivity index (χ2v) is 5.09. The molecule has 0 aromatic heterocycles. The summed E-state index contributed by atoms with van der Waals surface area (Å²) >= 11 is 16.3. The van der Waals surface area contributed by atoms with Crippen LogP contribution in [0.25, 0.3) is 0 Å². The first-order valence-corrected chi connectivity index (χ1v) is 6.12. The van der Waals surface area contributed by atoms with E-state index in [1.54, 1.807) is 0 Å². The van der Waals surface area contributed by atoms with Gasteiger partial charge in [0.05, 0.1) is 5.92 Å². The number of methoxy groups -OCH3 is 1. The highest BCUT2D eigenvalue weighted by molar-refractivity contribution is 6.68. The first kappa shape index (κ1) is 14.9. The minimum Gasteiger partial charge on any atom is -0.368 e. The number of halogens is 3. The van der Waals surface area contributed by atoms with E-state index < -0.39 is 33.2 Å². The summed E-state index contributed by atoms with van der Waals surface area (Å²) in [5, 5.41) is -2.09. The SMILES string of the molecule is COC1(C(=O)Cl)CC(C(=O)Cl)CCC1C(=O)Cl. The minimum absolute atomic E-state index is 0.0166. The van der Waals surface area contributed by atoms with Crippen molar-refractivity contribution in [1.29, 1.82) is 0 Å². The second kappa shape index (κ2) is 5.65. The van der Waals surface area contributed by atoms with Gasteiger partial charge in [0.1, 0.15) is 0 Å². The van der Waals surface area contributed by atoms with Crippen LogP contribution in [0.3, 0.4) is 0 Å². The van der Waals surface area contributed by atoms with Crippen molar-refractivity contribution in [3.05, 3.63) is 0 Å². The summed E-state index contributed by atoms with van der Waals surface area (Å²) in [6, 6.07) is 0. The van der Waals surface area contributed by atoms with Crippen LogP contribution >= 0.6 is 34.8 Å². The lowest BCUT2D eigenvalue weighted by molar-refractivity contribution is -0.155. The molecule has 0 amide bonds. The lowest BCUT2D eigenvalue weighted by Crippen LogP contribution is -2.52. The van der Waals surface area contributed by atoms with Gasteiger partial charge in [-0.3, -0.25) is 14.4 Å². The van der Waals surface area contributed by atoms with Crippen molar-refractivity contribution in [2.75, 3.05) is 7.11 Å². The molecule has 0 saturated heterocycles. The molecule has 0 N–H and O–H groups in total. The molecule has 17 heavy (non-hydrogen) atoms. The summed E-state index contributed by atoms with van der Waals surface area (Å²) in [6.07, 6.45) is 0.621. The van der Waals surface area contributed by atoms with Gasteiger partial charge in [0.2, 0.25) is 10.5 Å². The number of rotatable bonds is 4. The van der Waals surface area contributed by atoms with E-state index in [1.807, 2.05) is 0 Å². The fourth-order valence-corrected chi connectivity index (χ4v) is 2.98. The van der Waals surface area contributed by atoms with Crippen LogP contribution in [0.15, 0.2) is 0 Å². The van der Waals surface area contributed by atoms with E-state index in [-0.39, 0.29) is 12.8 Å². The Balaban J connectivity index is 3.09.